The fraction of sp³-hybridized carbons (Fsp3) is 0.647. The van der Waals surface area contributed by atoms with Gasteiger partial charge in [-0.3, -0.25) is 0 Å². The van der Waals surface area contributed by atoms with E-state index in [0.717, 1.165) is 27.2 Å². The Morgan fingerprint density at radius 3 is 2.48 bits per heavy atom. The molecule has 1 aromatic carbocycles. The predicted octanol–water partition coefficient (Wildman–Crippen LogP) is 5.67. The first-order valence-electron chi connectivity index (χ1n) is 7.98. The van der Waals surface area contributed by atoms with Crippen LogP contribution in [0.15, 0.2) is 21.1 Å². The Labute approximate surface area is 145 Å². The predicted molar refractivity (Wildman–Crippen MR) is 95.9 cm³/mol. The van der Waals surface area contributed by atoms with Crippen molar-refractivity contribution in [3.63, 3.8) is 0 Å². The van der Waals surface area contributed by atoms with Gasteiger partial charge in [-0.25, -0.2) is 0 Å². The van der Waals surface area contributed by atoms with Crippen LogP contribution in [0.5, 0.6) is 5.75 Å². The quantitative estimate of drug-likeness (QED) is 0.642. The van der Waals surface area contributed by atoms with E-state index in [1.807, 2.05) is 13.0 Å². The zero-order valence-corrected chi connectivity index (χ0v) is 16.1. The highest BCUT2D eigenvalue weighted by atomic mass is 79.9. The molecule has 2 rings (SSSR count). The zero-order valence-electron chi connectivity index (χ0n) is 12.9. The van der Waals surface area contributed by atoms with Gasteiger partial charge in [0, 0.05) is 22.6 Å². The second kappa shape index (κ2) is 8.54. The van der Waals surface area contributed by atoms with Crippen LogP contribution in [0, 0.1) is 5.92 Å². The lowest BCUT2D eigenvalue weighted by Crippen LogP contribution is -2.32. The van der Waals surface area contributed by atoms with Crippen molar-refractivity contribution >= 4 is 31.9 Å². The van der Waals surface area contributed by atoms with Gasteiger partial charge in [-0.1, -0.05) is 29.3 Å². The van der Waals surface area contributed by atoms with Gasteiger partial charge in [-0.15, -0.1) is 0 Å². The van der Waals surface area contributed by atoms with Crippen LogP contribution in [0.3, 0.4) is 0 Å². The largest absolute Gasteiger partial charge is 0.492 e. The molecule has 2 nitrogen and oxygen atoms in total. The maximum Gasteiger partial charge on any atom is 0.138 e. The number of nitrogens with one attached hydrogen (secondary N) is 1. The standard InChI is InChI=1S/C17H25Br2NO/c1-3-12-5-7-15(8-6-12)20-11-13-9-14(18)10-16(19)17(13)21-4-2/h9-10,12,15,20H,3-8,11H2,1-2H3. The van der Waals surface area contributed by atoms with Gasteiger partial charge in [0.15, 0.2) is 0 Å². The van der Waals surface area contributed by atoms with Gasteiger partial charge in [0.25, 0.3) is 0 Å². The van der Waals surface area contributed by atoms with E-state index in [0.29, 0.717) is 12.6 Å². The van der Waals surface area contributed by atoms with Crippen LogP contribution in [0.1, 0.15) is 51.5 Å². The third-order valence-electron chi connectivity index (χ3n) is 4.38. The fourth-order valence-corrected chi connectivity index (χ4v) is 4.51. The molecule has 1 fully saturated rings. The molecule has 118 valence electrons. The van der Waals surface area contributed by atoms with Crippen LogP contribution in [-0.4, -0.2) is 12.6 Å². The molecule has 0 aromatic heterocycles. The Kier molecular flexibility index (Phi) is 7.03. The smallest absolute Gasteiger partial charge is 0.138 e. The molecule has 0 amide bonds. The highest BCUT2D eigenvalue weighted by Gasteiger charge is 2.20. The van der Waals surface area contributed by atoms with Crippen LogP contribution >= 0.6 is 31.9 Å². The molecule has 1 N–H and O–H groups in total. The molecule has 1 aromatic rings. The number of hydrogen-bond donors (Lipinski definition) is 1. The van der Waals surface area contributed by atoms with Gasteiger partial charge in [-0.2, -0.15) is 0 Å². The molecule has 0 saturated heterocycles. The van der Waals surface area contributed by atoms with Crippen molar-refractivity contribution in [1.82, 2.24) is 5.32 Å². The molecule has 0 radical (unpaired) electrons. The van der Waals surface area contributed by atoms with E-state index >= 15 is 0 Å². The SMILES string of the molecule is CCOc1c(Br)cc(Br)cc1CNC1CCC(CC)CC1. The van der Waals surface area contributed by atoms with E-state index < -0.39 is 0 Å². The Morgan fingerprint density at radius 1 is 1.14 bits per heavy atom. The minimum Gasteiger partial charge on any atom is -0.492 e. The van der Waals surface area contributed by atoms with E-state index in [2.05, 4.69) is 50.2 Å². The Morgan fingerprint density at radius 2 is 1.86 bits per heavy atom. The van der Waals surface area contributed by atoms with Crippen molar-refractivity contribution in [2.75, 3.05) is 6.61 Å². The van der Waals surface area contributed by atoms with E-state index in [1.54, 1.807) is 0 Å². The summed E-state index contributed by atoms with van der Waals surface area (Å²) in [5.74, 6) is 1.91. The molecule has 1 saturated carbocycles. The third-order valence-corrected chi connectivity index (χ3v) is 5.43. The van der Waals surface area contributed by atoms with Crippen LogP contribution in [-0.2, 0) is 6.54 Å². The third kappa shape index (κ3) is 4.97. The molecular weight excluding hydrogens is 394 g/mol. The topological polar surface area (TPSA) is 21.3 Å². The highest BCUT2D eigenvalue weighted by molar-refractivity contribution is 9.11. The van der Waals surface area contributed by atoms with E-state index in [-0.39, 0.29) is 0 Å². The lowest BCUT2D eigenvalue weighted by Gasteiger charge is -2.29. The summed E-state index contributed by atoms with van der Waals surface area (Å²) < 4.78 is 7.90. The average molecular weight is 419 g/mol. The summed E-state index contributed by atoms with van der Waals surface area (Å²) in [4.78, 5) is 0. The molecule has 21 heavy (non-hydrogen) atoms. The van der Waals surface area contributed by atoms with Gasteiger partial charge < -0.3 is 10.1 Å². The van der Waals surface area contributed by atoms with E-state index in [4.69, 9.17) is 4.74 Å². The van der Waals surface area contributed by atoms with Crippen LogP contribution in [0.2, 0.25) is 0 Å². The van der Waals surface area contributed by atoms with Crippen molar-refractivity contribution in [2.24, 2.45) is 5.92 Å². The summed E-state index contributed by atoms with van der Waals surface area (Å²) in [5.41, 5.74) is 1.22. The maximum absolute atomic E-state index is 5.79. The summed E-state index contributed by atoms with van der Waals surface area (Å²) in [5, 5.41) is 3.71. The first-order chi connectivity index (χ1) is 10.1. The number of rotatable bonds is 6. The van der Waals surface area contributed by atoms with Crippen molar-refractivity contribution in [3.05, 3.63) is 26.6 Å². The minimum atomic E-state index is 0.653. The molecule has 0 aliphatic heterocycles. The first kappa shape index (κ1) is 17.3. The van der Waals surface area contributed by atoms with E-state index in [1.165, 1.54) is 37.7 Å². The number of hydrogen-bond acceptors (Lipinski definition) is 2. The van der Waals surface area contributed by atoms with Crippen LogP contribution in [0.4, 0.5) is 0 Å². The number of benzene rings is 1. The van der Waals surface area contributed by atoms with Crippen LogP contribution < -0.4 is 10.1 Å². The first-order valence-corrected chi connectivity index (χ1v) is 9.56. The Bertz CT molecular complexity index is 456. The lowest BCUT2D eigenvalue weighted by atomic mass is 9.84. The fourth-order valence-electron chi connectivity index (χ4n) is 3.08. The normalized spacial score (nSPS) is 22.3. The van der Waals surface area contributed by atoms with Gasteiger partial charge in [0.2, 0.25) is 0 Å². The van der Waals surface area contributed by atoms with E-state index in [9.17, 15) is 0 Å². The summed E-state index contributed by atoms with van der Waals surface area (Å²) in [6.07, 6.45) is 6.68. The summed E-state index contributed by atoms with van der Waals surface area (Å²) in [6.45, 7) is 5.90. The molecule has 0 spiro atoms. The molecule has 0 atom stereocenters. The molecular formula is C17H25Br2NO. The molecule has 0 unspecified atom stereocenters. The van der Waals surface area contributed by atoms with Crippen molar-refractivity contribution in [3.8, 4) is 5.75 Å². The van der Waals surface area contributed by atoms with Crippen LogP contribution in [0.25, 0.3) is 0 Å². The number of halogens is 2. The molecule has 1 aliphatic rings. The monoisotopic (exact) mass is 417 g/mol. The average Bonchev–Trinajstić information content (AvgIpc) is 2.48. The van der Waals surface area contributed by atoms with Crippen molar-refractivity contribution in [2.45, 2.75) is 58.5 Å². The van der Waals surface area contributed by atoms with Gasteiger partial charge in [0.05, 0.1) is 11.1 Å². The summed E-state index contributed by atoms with van der Waals surface area (Å²) in [6, 6.07) is 4.85. The lowest BCUT2D eigenvalue weighted by molar-refractivity contribution is 0.283. The summed E-state index contributed by atoms with van der Waals surface area (Å²) >= 11 is 7.17. The molecule has 0 heterocycles. The summed E-state index contributed by atoms with van der Waals surface area (Å²) in [7, 11) is 0. The molecule has 0 bridgehead atoms. The Balaban J connectivity index is 1.96. The Hall–Kier alpha value is -0.0600. The highest BCUT2D eigenvalue weighted by Crippen LogP contribution is 2.33. The second-order valence-electron chi connectivity index (χ2n) is 5.82. The second-order valence-corrected chi connectivity index (χ2v) is 7.59. The van der Waals surface area contributed by atoms with Gasteiger partial charge >= 0.3 is 0 Å². The molecule has 1 aliphatic carbocycles. The number of ether oxygens (including phenoxy) is 1. The van der Waals surface area contributed by atoms with Gasteiger partial charge in [0.1, 0.15) is 5.75 Å². The van der Waals surface area contributed by atoms with Crippen molar-refractivity contribution < 1.29 is 4.74 Å². The maximum atomic E-state index is 5.79. The minimum absolute atomic E-state index is 0.653. The molecule has 4 heteroatoms. The van der Waals surface area contributed by atoms with Gasteiger partial charge in [-0.05, 0) is 66.6 Å². The van der Waals surface area contributed by atoms with Crippen molar-refractivity contribution in [1.29, 1.82) is 0 Å². The zero-order chi connectivity index (χ0) is 15.2.